The molecule has 1 aromatic heterocycles. The summed E-state index contributed by atoms with van der Waals surface area (Å²) in [4.78, 5) is 11.7. The summed E-state index contributed by atoms with van der Waals surface area (Å²) in [5.74, 6) is -0.231. The number of nitrogens with one attached hydrogen (secondary N) is 1. The van der Waals surface area contributed by atoms with E-state index in [1.165, 1.54) is 0 Å². The van der Waals surface area contributed by atoms with Gasteiger partial charge in [-0.3, -0.25) is 4.79 Å². The van der Waals surface area contributed by atoms with Crippen molar-refractivity contribution in [1.82, 2.24) is 10.3 Å². The van der Waals surface area contributed by atoms with Crippen molar-refractivity contribution in [2.75, 3.05) is 11.1 Å². The van der Waals surface area contributed by atoms with Crippen LogP contribution in [-0.2, 0) is 11.2 Å². The molecule has 18 heavy (non-hydrogen) atoms. The highest BCUT2D eigenvalue weighted by atomic mass is 35.5. The Morgan fingerprint density at radius 2 is 1.94 bits per heavy atom. The zero-order chi connectivity index (χ0) is 13.1. The van der Waals surface area contributed by atoms with Crippen molar-refractivity contribution < 1.29 is 9.42 Å². The maximum Gasteiger partial charge on any atom is 0.230 e. The fraction of sp³-hybridized carbons (Fsp3) is 0.100. The molecule has 2 rings (SSSR count). The molecule has 0 atom stereocenters. The zero-order valence-electron chi connectivity index (χ0n) is 8.98. The fourth-order valence-electron chi connectivity index (χ4n) is 1.32. The van der Waals surface area contributed by atoms with Crippen molar-refractivity contribution in [1.29, 1.82) is 0 Å². The highest BCUT2D eigenvalue weighted by Crippen LogP contribution is 2.22. The molecule has 94 valence electrons. The average Bonchev–Trinajstić information content (AvgIpc) is 2.62. The van der Waals surface area contributed by atoms with Crippen molar-refractivity contribution in [3.63, 3.8) is 0 Å². The predicted molar refractivity (Wildman–Crippen MR) is 67.5 cm³/mol. The Balaban J connectivity index is 2.05. The summed E-state index contributed by atoms with van der Waals surface area (Å²) in [5.41, 5.74) is 6.21. The van der Waals surface area contributed by atoms with Gasteiger partial charge < -0.3 is 11.1 Å². The van der Waals surface area contributed by atoms with Crippen molar-refractivity contribution in [2.45, 2.75) is 6.42 Å². The molecule has 0 spiro atoms. The van der Waals surface area contributed by atoms with Crippen LogP contribution < -0.4 is 11.1 Å². The van der Waals surface area contributed by atoms with E-state index >= 15 is 0 Å². The van der Waals surface area contributed by atoms with Crippen molar-refractivity contribution >= 4 is 40.6 Å². The van der Waals surface area contributed by atoms with Crippen LogP contribution in [0.15, 0.2) is 22.8 Å². The lowest BCUT2D eigenvalue weighted by Gasteiger charge is -2.05. The molecule has 0 aliphatic carbocycles. The Morgan fingerprint density at radius 1 is 1.28 bits per heavy atom. The van der Waals surface area contributed by atoms with Crippen LogP contribution in [0.5, 0.6) is 0 Å². The SMILES string of the molecule is Nc1nonc1CC(=O)Nc1cc(Cl)cc(Cl)c1. The number of hydrogen-bond donors (Lipinski definition) is 2. The summed E-state index contributed by atoms with van der Waals surface area (Å²) < 4.78 is 4.39. The molecule has 3 N–H and O–H groups in total. The summed E-state index contributed by atoms with van der Waals surface area (Å²) in [6.45, 7) is 0. The van der Waals surface area contributed by atoms with Crippen LogP contribution in [0.3, 0.4) is 0 Å². The molecule has 0 bridgehead atoms. The van der Waals surface area contributed by atoms with Gasteiger partial charge >= 0.3 is 0 Å². The van der Waals surface area contributed by atoms with Crippen LogP contribution in [0, 0.1) is 0 Å². The summed E-state index contributed by atoms with van der Waals surface area (Å²) in [6, 6.07) is 4.73. The number of anilines is 2. The van der Waals surface area contributed by atoms with Gasteiger partial charge in [-0.2, -0.15) is 0 Å². The number of aromatic nitrogens is 2. The van der Waals surface area contributed by atoms with Gasteiger partial charge in [0, 0.05) is 15.7 Å². The van der Waals surface area contributed by atoms with Gasteiger partial charge in [-0.25, -0.2) is 4.63 Å². The number of nitrogen functional groups attached to an aromatic ring is 1. The van der Waals surface area contributed by atoms with E-state index < -0.39 is 0 Å². The molecule has 0 fully saturated rings. The summed E-state index contributed by atoms with van der Waals surface area (Å²) in [5, 5.41) is 10.4. The highest BCUT2D eigenvalue weighted by molar-refractivity contribution is 6.35. The van der Waals surface area contributed by atoms with Crippen LogP contribution in [0.4, 0.5) is 11.5 Å². The van der Waals surface area contributed by atoms with Crippen molar-refractivity contribution in [3.8, 4) is 0 Å². The highest BCUT2D eigenvalue weighted by Gasteiger charge is 2.12. The predicted octanol–water partition coefficient (Wildman–Crippen LogP) is 2.14. The van der Waals surface area contributed by atoms with E-state index in [1.54, 1.807) is 18.2 Å². The molecule has 8 heteroatoms. The van der Waals surface area contributed by atoms with Crippen molar-refractivity contribution in [2.24, 2.45) is 0 Å². The largest absolute Gasteiger partial charge is 0.379 e. The molecule has 0 aliphatic rings. The minimum Gasteiger partial charge on any atom is -0.379 e. The van der Waals surface area contributed by atoms with Crippen LogP contribution >= 0.6 is 23.2 Å². The number of nitrogens with zero attached hydrogens (tertiary/aromatic N) is 2. The molecule has 1 amide bonds. The van der Waals surface area contributed by atoms with Gasteiger partial charge in [0.1, 0.15) is 5.69 Å². The van der Waals surface area contributed by atoms with E-state index in [0.29, 0.717) is 15.7 Å². The Bertz CT molecular complexity index is 565. The van der Waals surface area contributed by atoms with Gasteiger partial charge in [0.05, 0.1) is 6.42 Å². The van der Waals surface area contributed by atoms with Crippen LogP contribution in [0.2, 0.25) is 10.0 Å². The van der Waals surface area contributed by atoms with Gasteiger partial charge in [0.25, 0.3) is 0 Å². The molecular formula is C10H8Cl2N4O2. The maximum absolute atomic E-state index is 11.7. The number of carbonyl (C=O) groups excluding carboxylic acids is 1. The summed E-state index contributed by atoms with van der Waals surface area (Å²) in [7, 11) is 0. The zero-order valence-corrected chi connectivity index (χ0v) is 10.5. The smallest absolute Gasteiger partial charge is 0.230 e. The van der Waals surface area contributed by atoms with E-state index in [4.69, 9.17) is 28.9 Å². The standard InChI is InChI=1S/C10H8Cl2N4O2/c11-5-1-6(12)3-7(2-5)14-9(17)4-8-10(13)16-18-15-8/h1-3H,4H2,(H2,13,16)(H,14,17). The first-order chi connectivity index (χ1) is 8.54. The van der Waals surface area contributed by atoms with E-state index in [1.807, 2.05) is 0 Å². The quantitative estimate of drug-likeness (QED) is 0.901. The van der Waals surface area contributed by atoms with Crippen LogP contribution in [0.25, 0.3) is 0 Å². The first-order valence-corrected chi connectivity index (χ1v) is 5.63. The van der Waals surface area contributed by atoms with E-state index in [0.717, 1.165) is 0 Å². The third kappa shape index (κ3) is 3.12. The van der Waals surface area contributed by atoms with Gasteiger partial charge in [0.2, 0.25) is 5.91 Å². The van der Waals surface area contributed by atoms with Crippen molar-refractivity contribution in [3.05, 3.63) is 33.9 Å². The Morgan fingerprint density at radius 3 is 2.50 bits per heavy atom. The molecular weight excluding hydrogens is 279 g/mol. The van der Waals surface area contributed by atoms with E-state index in [9.17, 15) is 4.79 Å². The second-order valence-electron chi connectivity index (χ2n) is 3.48. The van der Waals surface area contributed by atoms with Gasteiger partial charge in [-0.15, -0.1) is 0 Å². The number of hydrogen-bond acceptors (Lipinski definition) is 5. The average molecular weight is 287 g/mol. The Hall–Kier alpha value is -1.79. The molecule has 0 saturated carbocycles. The molecule has 2 aromatic rings. The first kappa shape index (κ1) is 12.7. The number of nitrogens with two attached hydrogens (primary N) is 1. The van der Waals surface area contributed by atoms with Crippen LogP contribution in [0.1, 0.15) is 5.69 Å². The van der Waals surface area contributed by atoms with E-state index in [-0.39, 0.29) is 23.8 Å². The lowest BCUT2D eigenvalue weighted by molar-refractivity contribution is -0.115. The molecule has 6 nitrogen and oxygen atoms in total. The number of benzene rings is 1. The molecule has 1 heterocycles. The van der Waals surface area contributed by atoms with Gasteiger partial charge in [-0.05, 0) is 23.4 Å². The van der Waals surface area contributed by atoms with Gasteiger partial charge in [0.15, 0.2) is 5.82 Å². The van der Waals surface area contributed by atoms with Crippen LogP contribution in [-0.4, -0.2) is 16.2 Å². The second kappa shape index (κ2) is 5.24. The minimum atomic E-state index is -0.323. The normalized spacial score (nSPS) is 10.3. The van der Waals surface area contributed by atoms with Gasteiger partial charge in [-0.1, -0.05) is 28.4 Å². The topological polar surface area (TPSA) is 94.0 Å². The lowest BCUT2D eigenvalue weighted by atomic mass is 10.2. The molecule has 0 aliphatic heterocycles. The number of halogens is 2. The summed E-state index contributed by atoms with van der Waals surface area (Å²) in [6.07, 6.45) is -0.0422. The first-order valence-electron chi connectivity index (χ1n) is 4.87. The number of carbonyl (C=O) groups is 1. The minimum absolute atomic E-state index is 0.0422. The van der Waals surface area contributed by atoms with E-state index in [2.05, 4.69) is 20.3 Å². The Labute approximate surface area is 112 Å². The molecule has 0 saturated heterocycles. The lowest BCUT2D eigenvalue weighted by Crippen LogP contribution is -2.15. The summed E-state index contributed by atoms with van der Waals surface area (Å²) >= 11 is 11.6. The molecule has 0 radical (unpaired) electrons. The fourth-order valence-corrected chi connectivity index (χ4v) is 1.85. The maximum atomic E-state index is 11.7. The third-order valence-electron chi connectivity index (χ3n) is 2.06. The third-order valence-corrected chi connectivity index (χ3v) is 2.50. The Kier molecular flexibility index (Phi) is 3.69. The molecule has 0 unspecified atom stereocenters. The number of amides is 1. The second-order valence-corrected chi connectivity index (χ2v) is 4.35. The molecule has 1 aromatic carbocycles. The number of rotatable bonds is 3. The monoisotopic (exact) mass is 286 g/mol.